The Morgan fingerprint density at radius 1 is 0.966 bits per heavy atom. The number of aromatic nitrogens is 1. The zero-order valence-corrected chi connectivity index (χ0v) is 33.3. The number of ether oxygens (including phenoxy) is 4. The average Bonchev–Trinajstić information content (AvgIpc) is 3.16. The summed E-state index contributed by atoms with van der Waals surface area (Å²) in [6.45, 7) is 8.95. The highest BCUT2D eigenvalue weighted by molar-refractivity contribution is 7.88. The minimum absolute atomic E-state index is 0.00954. The third kappa shape index (κ3) is 9.30. The van der Waals surface area contributed by atoms with E-state index in [4.69, 9.17) is 18.9 Å². The van der Waals surface area contributed by atoms with Crippen molar-refractivity contribution in [2.45, 2.75) is 83.3 Å². The van der Waals surface area contributed by atoms with Gasteiger partial charge in [-0.1, -0.05) is 36.4 Å². The average molecular weight is 826 g/mol. The lowest BCUT2D eigenvalue weighted by atomic mass is 9.92. The number of alkyl halides is 3. The summed E-state index contributed by atoms with van der Waals surface area (Å²) in [5.41, 5.74) is 0.0193. The minimum atomic E-state index is -5.84. The molecule has 308 valence electrons. The molecule has 0 aliphatic carbocycles. The highest BCUT2D eigenvalue weighted by atomic mass is 32.2. The second-order valence-electron chi connectivity index (χ2n) is 14.9. The van der Waals surface area contributed by atoms with Gasteiger partial charge in [0.15, 0.2) is 17.6 Å². The topological polar surface area (TPSA) is 160 Å². The molecule has 0 unspecified atom stereocenters. The molecule has 2 aliphatic rings. The highest BCUT2D eigenvalue weighted by Gasteiger charge is 2.48. The molecule has 2 amide bonds. The fraction of sp³-hybridized carbons (Fsp3) is 0.366. The smallest absolute Gasteiger partial charge is 0.485 e. The van der Waals surface area contributed by atoms with Crippen molar-refractivity contribution in [3.63, 3.8) is 0 Å². The molecule has 1 aromatic heterocycles. The molecule has 0 spiro atoms. The first kappa shape index (κ1) is 41.8. The number of hydrogen-bond donors (Lipinski definition) is 1. The third-order valence-electron chi connectivity index (χ3n) is 9.69. The summed E-state index contributed by atoms with van der Waals surface area (Å²) >= 11 is 0. The molecule has 58 heavy (non-hydrogen) atoms. The van der Waals surface area contributed by atoms with Gasteiger partial charge in [-0.3, -0.25) is 14.7 Å². The van der Waals surface area contributed by atoms with E-state index < -0.39 is 63.1 Å². The Morgan fingerprint density at radius 2 is 1.64 bits per heavy atom. The maximum Gasteiger partial charge on any atom is 0.534 e. The molecular formula is C41H42F3N3O10S. The number of fused-ring (bicyclic) bond motifs is 2. The van der Waals surface area contributed by atoms with Crippen LogP contribution in [0.2, 0.25) is 0 Å². The van der Waals surface area contributed by atoms with Crippen LogP contribution < -0.4 is 19.0 Å². The normalized spacial score (nSPS) is 17.1. The largest absolute Gasteiger partial charge is 0.534 e. The van der Waals surface area contributed by atoms with Crippen molar-refractivity contribution in [3.8, 4) is 28.4 Å². The van der Waals surface area contributed by atoms with Gasteiger partial charge in [0.25, 0.3) is 0 Å². The van der Waals surface area contributed by atoms with E-state index in [0.29, 0.717) is 28.2 Å². The number of aryl methyl sites for hydroxylation is 1. The predicted molar refractivity (Wildman–Crippen MR) is 203 cm³/mol. The van der Waals surface area contributed by atoms with Crippen LogP contribution in [0.5, 0.6) is 17.2 Å². The number of pyridine rings is 1. The van der Waals surface area contributed by atoms with Crippen molar-refractivity contribution < 1.29 is 59.1 Å². The van der Waals surface area contributed by atoms with Crippen LogP contribution in [0, 0.1) is 13.8 Å². The van der Waals surface area contributed by atoms with Crippen LogP contribution in [-0.4, -0.2) is 73.2 Å². The number of nitrogens with one attached hydrogen (secondary N) is 1. The molecule has 2 aliphatic heterocycles. The van der Waals surface area contributed by atoms with Crippen molar-refractivity contribution in [2.75, 3.05) is 13.7 Å². The first-order valence-corrected chi connectivity index (χ1v) is 19.6. The van der Waals surface area contributed by atoms with Crippen LogP contribution in [-0.2, 0) is 48.6 Å². The maximum absolute atomic E-state index is 14.1. The molecule has 1 N–H and O–H groups in total. The van der Waals surface area contributed by atoms with Crippen molar-refractivity contribution in [2.24, 2.45) is 0 Å². The lowest BCUT2D eigenvalue weighted by molar-refractivity contribution is -0.145. The Labute approximate surface area is 333 Å². The van der Waals surface area contributed by atoms with E-state index in [1.165, 1.54) is 24.1 Å². The molecule has 13 nitrogen and oxygen atoms in total. The molecule has 3 atom stereocenters. The van der Waals surface area contributed by atoms with E-state index in [9.17, 15) is 36.0 Å². The number of carbonyl (C=O) groups is 3. The molecule has 0 saturated carbocycles. The van der Waals surface area contributed by atoms with Crippen molar-refractivity contribution in [3.05, 3.63) is 106 Å². The monoisotopic (exact) mass is 825 g/mol. The summed E-state index contributed by atoms with van der Waals surface area (Å²) in [7, 11) is -4.61. The first-order valence-electron chi connectivity index (χ1n) is 18.2. The summed E-state index contributed by atoms with van der Waals surface area (Å²) < 4.78 is 88.3. The van der Waals surface area contributed by atoms with E-state index in [0.717, 1.165) is 40.1 Å². The Hall–Kier alpha value is -5.84. The van der Waals surface area contributed by atoms with Gasteiger partial charge >= 0.3 is 27.7 Å². The second kappa shape index (κ2) is 16.2. The number of rotatable bonds is 9. The third-order valence-corrected chi connectivity index (χ3v) is 10.7. The molecule has 0 saturated heterocycles. The van der Waals surface area contributed by atoms with Gasteiger partial charge < -0.3 is 28.4 Å². The lowest BCUT2D eigenvalue weighted by Crippen LogP contribution is -2.56. The number of amides is 2. The minimum Gasteiger partial charge on any atom is -0.485 e. The number of hydrogen-bond acceptors (Lipinski definition) is 11. The summed E-state index contributed by atoms with van der Waals surface area (Å²) in [5.74, 6) is -1.15. The number of halogens is 3. The fourth-order valence-electron chi connectivity index (χ4n) is 6.59. The van der Waals surface area contributed by atoms with Crippen molar-refractivity contribution in [1.29, 1.82) is 0 Å². The number of carbonyl (C=O) groups excluding carboxylic acids is 3. The number of methoxy groups -OCH3 is 1. The van der Waals surface area contributed by atoms with E-state index >= 15 is 0 Å². The molecular weight excluding hydrogens is 784 g/mol. The molecule has 4 aromatic rings. The van der Waals surface area contributed by atoms with Crippen LogP contribution in [0.1, 0.15) is 60.4 Å². The predicted octanol–water partition coefficient (Wildman–Crippen LogP) is 6.67. The Balaban J connectivity index is 1.21. The van der Waals surface area contributed by atoms with E-state index in [2.05, 4.69) is 14.5 Å². The number of nitrogens with zero attached hydrogens (tertiary/aromatic N) is 2. The van der Waals surface area contributed by atoms with Gasteiger partial charge in [-0.25, -0.2) is 9.59 Å². The molecule has 0 fully saturated rings. The van der Waals surface area contributed by atoms with Crippen molar-refractivity contribution >= 4 is 28.1 Å². The van der Waals surface area contributed by atoms with Gasteiger partial charge in [0.05, 0.1) is 13.7 Å². The van der Waals surface area contributed by atoms with Gasteiger partial charge in [0.1, 0.15) is 30.0 Å². The van der Waals surface area contributed by atoms with Crippen LogP contribution in [0.25, 0.3) is 11.1 Å². The van der Waals surface area contributed by atoms with Crippen LogP contribution in [0.4, 0.5) is 18.0 Å². The Morgan fingerprint density at radius 3 is 2.28 bits per heavy atom. The lowest BCUT2D eigenvalue weighted by Gasteiger charge is -2.38. The van der Waals surface area contributed by atoms with Gasteiger partial charge in [-0.15, -0.1) is 0 Å². The molecule has 6 rings (SSSR count). The molecule has 0 bridgehead atoms. The molecule has 17 heteroatoms. The number of benzene rings is 3. The fourth-order valence-corrected chi connectivity index (χ4v) is 7.05. The summed E-state index contributed by atoms with van der Waals surface area (Å²) in [6, 6.07) is 15.6. The first-order chi connectivity index (χ1) is 27.2. The standard InChI is InChI=1S/C41H42F3N3O10S/c1-23-24(2)45-16-15-31(23)26-9-7-25(8-10-26)17-32(38(49)53-6)46-37(48)33-18-28-19-34-35(20-29(28)21-47(33)39(50)56-40(3,4)5)55-36(22-54-34)27-11-13-30(14-12-27)57-58(51,52)41(42,43)44/h7-16,19-20,32-33,36H,17-18,21-22H2,1-6H3,(H,46,48)/t32-,33-,36+/m0/s1. The van der Waals surface area contributed by atoms with Crippen LogP contribution in [0.15, 0.2) is 72.9 Å². The van der Waals surface area contributed by atoms with E-state index in [1.807, 2.05) is 44.2 Å². The molecule has 3 aromatic carbocycles. The van der Waals surface area contributed by atoms with E-state index in [-0.39, 0.29) is 26.0 Å². The van der Waals surface area contributed by atoms with Crippen LogP contribution in [0.3, 0.4) is 0 Å². The molecule has 0 radical (unpaired) electrons. The maximum atomic E-state index is 14.1. The van der Waals surface area contributed by atoms with Crippen LogP contribution >= 0.6 is 0 Å². The molecule has 3 heterocycles. The number of esters is 1. The van der Waals surface area contributed by atoms with Gasteiger partial charge in [0, 0.05) is 24.7 Å². The summed E-state index contributed by atoms with van der Waals surface area (Å²) in [4.78, 5) is 46.5. The van der Waals surface area contributed by atoms with Gasteiger partial charge in [0.2, 0.25) is 5.91 Å². The summed E-state index contributed by atoms with van der Waals surface area (Å²) in [5, 5.41) is 2.81. The van der Waals surface area contributed by atoms with Gasteiger partial charge in [-0.05, 0) is 104 Å². The van der Waals surface area contributed by atoms with Gasteiger partial charge in [-0.2, -0.15) is 21.6 Å². The Kier molecular flexibility index (Phi) is 11.7. The van der Waals surface area contributed by atoms with Crippen molar-refractivity contribution in [1.82, 2.24) is 15.2 Å². The van der Waals surface area contributed by atoms with E-state index in [1.54, 1.807) is 39.1 Å². The quantitative estimate of drug-likeness (QED) is 0.109. The second-order valence-corrected chi connectivity index (χ2v) is 16.5. The zero-order chi connectivity index (χ0) is 42.2. The summed E-state index contributed by atoms with van der Waals surface area (Å²) in [6.07, 6.45) is 0.408. The zero-order valence-electron chi connectivity index (χ0n) is 32.5. The Bertz CT molecular complexity index is 2310. The SMILES string of the molecule is COC(=O)[C@H](Cc1ccc(-c2ccnc(C)c2C)cc1)NC(=O)[C@@H]1Cc2cc3c(cc2CN1C(=O)OC(C)(C)C)O[C@@H](c1ccc(OS(=O)(=O)C(F)(F)F)cc1)CO3. The highest BCUT2D eigenvalue weighted by Crippen LogP contribution is 2.41.